The third kappa shape index (κ3) is 7.15. The molecule has 2 N–H and O–H groups in total. The maximum atomic E-state index is 13.6. The van der Waals surface area contributed by atoms with Crippen molar-refractivity contribution in [3.63, 3.8) is 0 Å². The fourth-order valence-corrected chi connectivity index (χ4v) is 7.26. The van der Waals surface area contributed by atoms with Crippen molar-refractivity contribution >= 4 is 33.2 Å². The van der Waals surface area contributed by atoms with Gasteiger partial charge in [-0.15, -0.1) is 0 Å². The maximum absolute atomic E-state index is 13.6. The average Bonchev–Trinajstić information content (AvgIpc) is 3.03. The summed E-state index contributed by atoms with van der Waals surface area (Å²) in [7, 11) is -4.03. The Bertz CT molecular complexity index is 1510. The molecule has 0 aliphatic carbocycles. The number of anilines is 1. The second-order valence-electron chi connectivity index (χ2n) is 11.0. The summed E-state index contributed by atoms with van der Waals surface area (Å²) in [5.41, 5.74) is 0.570. The van der Waals surface area contributed by atoms with Crippen LogP contribution in [-0.4, -0.2) is 56.1 Å². The number of likely N-dealkylation sites (tertiary alicyclic amines) is 2. The number of amides is 1. The Hall–Kier alpha value is -3.18. The van der Waals surface area contributed by atoms with Crippen molar-refractivity contribution in [1.29, 1.82) is 0 Å². The number of nitrogens with one attached hydrogen (secondary N) is 2. The van der Waals surface area contributed by atoms with E-state index in [9.17, 15) is 17.6 Å². The zero-order chi connectivity index (χ0) is 30.5. The number of carbonyl (C=O) groups excluding carboxylic acids is 1. The number of nitrogens with zero attached hydrogens (tertiary/aromatic N) is 2. The van der Waals surface area contributed by atoms with Gasteiger partial charge in [0.1, 0.15) is 11.6 Å². The number of rotatable bonds is 10. The number of carbonyl (C=O) groups is 1. The molecule has 0 unspecified atom stereocenters. The van der Waals surface area contributed by atoms with Gasteiger partial charge in [0.05, 0.1) is 15.6 Å². The maximum Gasteiger partial charge on any atom is 0.262 e. The standard InChI is InChI=1S/C32H38ClFN4O4S/c1-2-32(37-19-7-3-8-20-37,38-21-9-4-10-22-38)35-31(39)24-13-16-26(17-14-24)43(40,41)36-28-11-5-6-12-30(28)42-29-18-15-25(34)23-27(29)33/h5-6,11-18,23,36H,2-4,7-10,19-22H2,1H3,(H,35,39). The Morgan fingerprint density at radius 3 is 2.07 bits per heavy atom. The van der Waals surface area contributed by atoms with Crippen LogP contribution in [-0.2, 0) is 10.0 Å². The fourth-order valence-electron chi connectivity index (χ4n) is 5.98. The van der Waals surface area contributed by atoms with Crippen LogP contribution < -0.4 is 14.8 Å². The average molecular weight is 629 g/mol. The Kier molecular flexibility index (Phi) is 9.91. The van der Waals surface area contributed by atoms with Crippen LogP contribution >= 0.6 is 11.6 Å². The lowest BCUT2D eigenvalue weighted by atomic mass is 10.0. The molecule has 0 radical (unpaired) electrons. The highest BCUT2D eigenvalue weighted by Crippen LogP contribution is 2.35. The number of piperidine rings is 2. The lowest BCUT2D eigenvalue weighted by molar-refractivity contribution is -0.0970. The molecule has 0 atom stereocenters. The number of benzene rings is 3. The van der Waals surface area contributed by atoms with Gasteiger partial charge in [0.2, 0.25) is 0 Å². The molecule has 2 aliphatic heterocycles. The minimum Gasteiger partial charge on any atom is -0.454 e. The van der Waals surface area contributed by atoms with Gasteiger partial charge >= 0.3 is 0 Å². The predicted molar refractivity (Wildman–Crippen MR) is 167 cm³/mol. The van der Waals surface area contributed by atoms with Crippen LogP contribution in [0, 0.1) is 5.82 Å². The van der Waals surface area contributed by atoms with Crippen LogP contribution in [0.1, 0.15) is 62.2 Å². The Morgan fingerprint density at radius 1 is 0.884 bits per heavy atom. The molecule has 3 aromatic rings. The largest absolute Gasteiger partial charge is 0.454 e. The number of para-hydroxylation sites is 2. The van der Waals surface area contributed by atoms with Crippen LogP contribution in [0.4, 0.5) is 10.1 Å². The molecule has 3 aromatic carbocycles. The number of hydrogen-bond donors (Lipinski definition) is 2. The smallest absolute Gasteiger partial charge is 0.262 e. The summed E-state index contributed by atoms with van der Waals surface area (Å²) in [5.74, 6) is -0.933. The van der Waals surface area contributed by atoms with Crippen molar-refractivity contribution in [3.8, 4) is 11.5 Å². The highest BCUT2D eigenvalue weighted by Gasteiger charge is 2.43. The number of halogens is 2. The first-order valence-corrected chi connectivity index (χ1v) is 16.8. The van der Waals surface area contributed by atoms with E-state index in [1.54, 1.807) is 24.3 Å². The lowest BCUT2D eigenvalue weighted by Gasteiger charge is -2.53. The highest BCUT2D eigenvalue weighted by atomic mass is 35.5. The van der Waals surface area contributed by atoms with E-state index < -0.39 is 21.6 Å². The van der Waals surface area contributed by atoms with Crippen LogP contribution in [0.5, 0.6) is 11.5 Å². The molecule has 8 nitrogen and oxygen atoms in total. The molecule has 2 saturated heterocycles. The second kappa shape index (κ2) is 13.6. The summed E-state index contributed by atoms with van der Waals surface area (Å²) >= 11 is 6.10. The predicted octanol–water partition coefficient (Wildman–Crippen LogP) is 6.84. The van der Waals surface area contributed by atoms with Gasteiger partial charge in [0, 0.05) is 31.7 Å². The van der Waals surface area contributed by atoms with E-state index in [4.69, 9.17) is 16.3 Å². The molecular formula is C32H38ClFN4O4S. The quantitative estimate of drug-likeness (QED) is 0.256. The Morgan fingerprint density at radius 2 is 1.49 bits per heavy atom. The van der Waals surface area contributed by atoms with Crippen molar-refractivity contribution in [3.05, 3.63) is 83.1 Å². The summed E-state index contributed by atoms with van der Waals surface area (Å²) in [6.07, 6.45) is 7.58. The van der Waals surface area contributed by atoms with E-state index in [-0.39, 0.29) is 33.0 Å². The third-order valence-electron chi connectivity index (χ3n) is 8.24. The van der Waals surface area contributed by atoms with Gasteiger partial charge in [-0.3, -0.25) is 19.3 Å². The molecule has 2 heterocycles. The molecule has 2 aliphatic rings. The molecule has 5 rings (SSSR count). The number of hydrogen-bond acceptors (Lipinski definition) is 6. The van der Waals surface area contributed by atoms with Gasteiger partial charge < -0.3 is 10.1 Å². The molecule has 1 amide bonds. The van der Waals surface area contributed by atoms with Crippen LogP contribution in [0.25, 0.3) is 0 Å². The van der Waals surface area contributed by atoms with E-state index in [1.807, 2.05) is 0 Å². The summed E-state index contributed by atoms with van der Waals surface area (Å²) in [5, 5.41) is 3.42. The second-order valence-corrected chi connectivity index (χ2v) is 13.1. The highest BCUT2D eigenvalue weighted by molar-refractivity contribution is 7.92. The monoisotopic (exact) mass is 628 g/mol. The molecule has 2 fully saturated rings. The lowest BCUT2D eigenvalue weighted by Crippen LogP contribution is -2.71. The van der Waals surface area contributed by atoms with Crippen LogP contribution in [0.3, 0.4) is 0 Å². The van der Waals surface area contributed by atoms with Crippen molar-refractivity contribution in [2.45, 2.75) is 62.6 Å². The molecule has 43 heavy (non-hydrogen) atoms. The first kappa shape index (κ1) is 31.3. The zero-order valence-electron chi connectivity index (χ0n) is 24.3. The molecule has 0 spiro atoms. The summed E-state index contributed by atoms with van der Waals surface area (Å²) in [4.78, 5) is 18.5. The normalized spacial score (nSPS) is 16.9. The topological polar surface area (TPSA) is 91.0 Å². The van der Waals surface area contributed by atoms with Crippen molar-refractivity contribution in [1.82, 2.24) is 15.1 Å². The van der Waals surface area contributed by atoms with E-state index in [2.05, 4.69) is 26.8 Å². The summed E-state index contributed by atoms with van der Waals surface area (Å²) in [6.45, 7) is 5.87. The van der Waals surface area contributed by atoms with E-state index in [1.165, 1.54) is 49.2 Å². The van der Waals surface area contributed by atoms with E-state index in [0.29, 0.717) is 5.56 Å². The first-order chi connectivity index (χ1) is 20.7. The first-order valence-electron chi connectivity index (χ1n) is 14.9. The van der Waals surface area contributed by atoms with Gasteiger partial charge in [-0.05, 0) is 86.7 Å². The van der Waals surface area contributed by atoms with E-state index >= 15 is 0 Å². The van der Waals surface area contributed by atoms with Gasteiger partial charge in [0.15, 0.2) is 11.5 Å². The van der Waals surface area contributed by atoms with Crippen LogP contribution in [0.2, 0.25) is 5.02 Å². The molecule has 0 saturated carbocycles. The minimum atomic E-state index is -4.03. The minimum absolute atomic E-state index is 0.00696. The molecule has 230 valence electrons. The number of ether oxygens (including phenoxy) is 1. The molecular weight excluding hydrogens is 591 g/mol. The Labute approximate surface area is 258 Å². The van der Waals surface area contributed by atoms with Crippen molar-refractivity contribution in [2.24, 2.45) is 0 Å². The fraction of sp³-hybridized carbons (Fsp3) is 0.406. The van der Waals surface area contributed by atoms with Crippen molar-refractivity contribution < 1.29 is 22.3 Å². The van der Waals surface area contributed by atoms with Crippen LogP contribution in [0.15, 0.2) is 71.6 Å². The van der Waals surface area contributed by atoms with Crippen molar-refractivity contribution in [2.75, 3.05) is 30.9 Å². The summed E-state index contributed by atoms with van der Waals surface area (Å²) < 4.78 is 48.5. The van der Waals surface area contributed by atoms with Gasteiger partial charge in [-0.25, -0.2) is 12.8 Å². The molecule has 0 aromatic heterocycles. The zero-order valence-corrected chi connectivity index (χ0v) is 25.9. The number of sulfonamides is 1. The Balaban J connectivity index is 1.33. The summed E-state index contributed by atoms with van der Waals surface area (Å²) in [6, 6.07) is 16.1. The van der Waals surface area contributed by atoms with Gasteiger partial charge in [-0.2, -0.15) is 0 Å². The van der Waals surface area contributed by atoms with Gasteiger partial charge in [0.25, 0.3) is 15.9 Å². The molecule has 0 bridgehead atoms. The van der Waals surface area contributed by atoms with Gasteiger partial charge in [-0.1, -0.05) is 43.5 Å². The van der Waals surface area contributed by atoms with E-state index in [0.717, 1.165) is 64.3 Å². The third-order valence-corrected chi connectivity index (χ3v) is 9.91. The molecule has 11 heteroatoms. The SMILES string of the molecule is CCC(NC(=O)c1ccc(S(=O)(=O)Nc2ccccc2Oc2ccc(F)cc2Cl)cc1)(N1CCCCC1)N1CCCCC1.